The van der Waals surface area contributed by atoms with Crippen molar-refractivity contribution < 1.29 is 0 Å². The molecular weight excluding hydrogens is 270 g/mol. The number of nitrogens with one attached hydrogen (secondary N) is 1. The SMILES string of the molecule is ClC1Cc2ccccc2C1Nc1ncnc2c1CCC2. The van der Waals surface area contributed by atoms with E-state index in [-0.39, 0.29) is 11.4 Å². The largest absolute Gasteiger partial charge is 0.361 e. The molecule has 1 aromatic heterocycles. The first-order chi connectivity index (χ1) is 9.83. The standard InChI is InChI=1S/C16H16ClN3/c17-13-8-10-4-1-2-5-11(10)15(13)20-16-12-6-3-7-14(12)18-9-19-16/h1-2,4-5,9,13,15H,3,6-8H2,(H,18,19,20). The minimum Gasteiger partial charge on any atom is -0.361 e. The molecule has 3 nitrogen and oxygen atoms in total. The molecule has 2 unspecified atom stereocenters. The monoisotopic (exact) mass is 285 g/mol. The summed E-state index contributed by atoms with van der Waals surface area (Å²) in [7, 11) is 0. The van der Waals surface area contributed by atoms with E-state index in [1.807, 2.05) is 0 Å². The molecule has 1 heterocycles. The van der Waals surface area contributed by atoms with E-state index < -0.39 is 0 Å². The smallest absolute Gasteiger partial charge is 0.133 e. The van der Waals surface area contributed by atoms with Gasteiger partial charge in [-0.1, -0.05) is 24.3 Å². The van der Waals surface area contributed by atoms with Gasteiger partial charge in [-0.2, -0.15) is 0 Å². The van der Waals surface area contributed by atoms with E-state index in [0.717, 1.165) is 25.1 Å². The lowest BCUT2D eigenvalue weighted by Gasteiger charge is -2.19. The molecule has 0 saturated carbocycles. The molecule has 4 rings (SSSR count). The number of alkyl halides is 1. The Morgan fingerprint density at radius 1 is 1.15 bits per heavy atom. The van der Waals surface area contributed by atoms with Crippen LogP contribution in [0.3, 0.4) is 0 Å². The minimum atomic E-state index is 0.0828. The summed E-state index contributed by atoms with van der Waals surface area (Å²) in [5.41, 5.74) is 5.12. The molecular formula is C16H16ClN3. The summed E-state index contributed by atoms with van der Waals surface area (Å²) in [6.07, 6.45) is 5.89. The van der Waals surface area contributed by atoms with Crippen molar-refractivity contribution in [1.82, 2.24) is 9.97 Å². The third-order valence-corrected chi connectivity index (χ3v) is 4.74. The Morgan fingerprint density at radius 3 is 3.00 bits per heavy atom. The topological polar surface area (TPSA) is 37.8 Å². The van der Waals surface area contributed by atoms with Crippen LogP contribution in [-0.2, 0) is 19.3 Å². The van der Waals surface area contributed by atoms with Crippen molar-refractivity contribution in [2.45, 2.75) is 37.1 Å². The number of aryl methyl sites for hydroxylation is 1. The van der Waals surface area contributed by atoms with E-state index in [0.29, 0.717) is 0 Å². The molecule has 0 fully saturated rings. The van der Waals surface area contributed by atoms with Gasteiger partial charge in [0.1, 0.15) is 12.1 Å². The second kappa shape index (κ2) is 4.74. The van der Waals surface area contributed by atoms with Crippen LogP contribution in [0, 0.1) is 0 Å². The second-order valence-electron chi connectivity index (χ2n) is 5.54. The first kappa shape index (κ1) is 12.2. The molecule has 4 heteroatoms. The highest BCUT2D eigenvalue weighted by Crippen LogP contribution is 2.38. The Morgan fingerprint density at radius 2 is 2.05 bits per heavy atom. The Kier molecular flexibility index (Phi) is 2.88. The number of hydrogen-bond acceptors (Lipinski definition) is 3. The zero-order valence-corrected chi connectivity index (χ0v) is 11.9. The Balaban J connectivity index is 1.69. The molecule has 102 valence electrons. The molecule has 1 N–H and O–H groups in total. The maximum Gasteiger partial charge on any atom is 0.133 e. The average molecular weight is 286 g/mol. The maximum atomic E-state index is 6.54. The fourth-order valence-electron chi connectivity index (χ4n) is 3.35. The van der Waals surface area contributed by atoms with Crippen LogP contribution in [0.2, 0.25) is 0 Å². The van der Waals surface area contributed by atoms with Crippen LogP contribution in [0.4, 0.5) is 5.82 Å². The summed E-state index contributed by atoms with van der Waals surface area (Å²) in [6, 6.07) is 8.63. The molecule has 20 heavy (non-hydrogen) atoms. The number of rotatable bonds is 2. The average Bonchev–Trinajstić information content (AvgIpc) is 3.05. The Hall–Kier alpha value is -1.61. The predicted molar refractivity (Wildman–Crippen MR) is 80.2 cm³/mol. The number of aromatic nitrogens is 2. The zero-order chi connectivity index (χ0) is 13.5. The fourth-order valence-corrected chi connectivity index (χ4v) is 3.71. The van der Waals surface area contributed by atoms with E-state index in [1.54, 1.807) is 6.33 Å². The number of hydrogen-bond donors (Lipinski definition) is 1. The molecule has 0 amide bonds. The highest BCUT2D eigenvalue weighted by molar-refractivity contribution is 6.21. The normalized spacial score (nSPS) is 23.4. The molecule has 2 aromatic rings. The lowest BCUT2D eigenvalue weighted by atomic mass is 10.1. The van der Waals surface area contributed by atoms with Crippen molar-refractivity contribution in [3.63, 3.8) is 0 Å². The van der Waals surface area contributed by atoms with Crippen molar-refractivity contribution in [3.8, 4) is 0 Å². The Labute approximate surface area is 123 Å². The van der Waals surface area contributed by atoms with Crippen molar-refractivity contribution in [3.05, 3.63) is 53.0 Å². The number of benzene rings is 1. The molecule has 1 aromatic carbocycles. The van der Waals surface area contributed by atoms with E-state index in [9.17, 15) is 0 Å². The van der Waals surface area contributed by atoms with Crippen LogP contribution in [-0.4, -0.2) is 15.3 Å². The van der Waals surface area contributed by atoms with Crippen LogP contribution in [0.1, 0.15) is 34.8 Å². The minimum absolute atomic E-state index is 0.0828. The number of anilines is 1. The van der Waals surface area contributed by atoms with E-state index in [1.165, 1.54) is 28.8 Å². The van der Waals surface area contributed by atoms with Gasteiger partial charge in [0.25, 0.3) is 0 Å². The molecule has 0 aliphatic heterocycles. The van der Waals surface area contributed by atoms with Gasteiger partial charge < -0.3 is 5.32 Å². The first-order valence-electron chi connectivity index (χ1n) is 7.14. The zero-order valence-electron chi connectivity index (χ0n) is 11.1. The van der Waals surface area contributed by atoms with Crippen LogP contribution >= 0.6 is 11.6 Å². The summed E-state index contributed by atoms with van der Waals surface area (Å²) < 4.78 is 0. The summed E-state index contributed by atoms with van der Waals surface area (Å²) >= 11 is 6.54. The molecule has 2 aliphatic rings. The molecule has 2 atom stereocenters. The lowest BCUT2D eigenvalue weighted by molar-refractivity contribution is 0.763. The summed E-state index contributed by atoms with van der Waals surface area (Å²) in [5, 5.41) is 3.65. The van der Waals surface area contributed by atoms with Crippen LogP contribution < -0.4 is 5.32 Å². The summed E-state index contributed by atoms with van der Waals surface area (Å²) in [4.78, 5) is 8.81. The Bertz CT molecular complexity index is 656. The second-order valence-corrected chi connectivity index (χ2v) is 6.10. The lowest BCUT2D eigenvalue weighted by Crippen LogP contribution is -2.18. The van der Waals surface area contributed by atoms with Gasteiger partial charge in [-0.05, 0) is 36.8 Å². The molecule has 0 saturated heterocycles. The summed E-state index contributed by atoms with van der Waals surface area (Å²) in [5.74, 6) is 0.972. The van der Waals surface area contributed by atoms with E-state index in [4.69, 9.17) is 11.6 Å². The van der Waals surface area contributed by atoms with Crippen molar-refractivity contribution in [2.24, 2.45) is 0 Å². The van der Waals surface area contributed by atoms with Crippen molar-refractivity contribution in [2.75, 3.05) is 5.32 Å². The van der Waals surface area contributed by atoms with Gasteiger partial charge in [0.05, 0.1) is 11.4 Å². The van der Waals surface area contributed by atoms with E-state index in [2.05, 4.69) is 39.6 Å². The number of nitrogens with zero attached hydrogens (tertiary/aromatic N) is 2. The first-order valence-corrected chi connectivity index (χ1v) is 7.58. The van der Waals surface area contributed by atoms with Gasteiger partial charge in [-0.15, -0.1) is 11.6 Å². The number of halogens is 1. The molecule has 0 spiro atoms. The van der Waals surface area contributed by atoms with Gasteiger partial charge >= 0.3 is 0 Å². The van der Waals surface area contributed by atoms with Crippen LogP contribution in [0.25, 0.3) is 0 Å². The van der Waals surface area contributed by atoms with Gasteiger partial charge in [0, 0.05) is 11.3 Å². The van der Waals surface area contributed by atoms with Gasteiger partial charge in [0.2, 0.25) is 0 Å². The molecule has 2 aliphatic carbocycles. The highest BCUT2D eigenvalue weighted by atomic mass is 35.5. The summed E-state index contributed by atoms with van der Waals surface area (Å²) in [6.45, 7) is 0. The quantitative estimate of drug-likeness (QED) is 0.861. The van der Waals surface area contributed by atoms with Crippen LogP contribution in [0.15, 0.2) is 30.6 Å². The fraction of sp³-hybridized carbons (Fsp3) is 0.375. The number of fused-ring (bicyclic) bond motifs is 2. The van der Waals surface area contributed by atoms with Crippen molar-refractivity contribution >= 4 is 17.4 Å². The van der Waals surface area contributed by atoms with Gasteiger partial charge in [-0.25, -0.2) is 9.97 Å². The molecule has 0 bridgehead atoms. The molecule has 0 radical (unpaired) electrons. The van der Waals surface area contributed by atoms with Crippen LogP contribution in [0.5, 0.6) is 0 Å². The third-order valence-electron chi connectivity index (χ3n) is 4.33. The third kappa shape index (κ3) is 1.88. The van der Waals surface area contributed by atoms with Gasteiger partial charge in [0.15, 0.2) is 0 Å². The van der Waals surface area contributed by atoms with Gasteiger partial charge in [-0.3, -0.25) is 0 Å². The predicted octanol–water partition coefficient (Wildman–Crippen LogP) is 3.28. The van der Waals surface area contributed by atoms with Crippen molar-refractivity contribution in [1.29, 1.82) is 0 Å². The van der Waals surface area contributed by atoms with E-state index >= 15 is 0 Å². The maximum absolute atomic E-state index is 6.54. The highest BCUT2D eigenvalue weighted by Gasteiger charge is 2.32.